The summed E-state index contributed by atoms with van der Waals surface area (Å²) in [4.78, 5) is 97.0. The molecule has 5 aromatic carbocycles. The maximum absolute atomic E-state index is 14.8. The Morgan fingerprint density at radius 1 is 0.458 bits per heavy atom. The Bertz CT molecular complexity index is 3010. The number of aromatic nitrogens is 1. The lowest BCUT2D eigenvalue weighted by Gasteiger charge is -2.25. The highest BCUT2D eigenvalue weighted by Gasteiger charge is 2.35. The van der Waals surface area contributed by atoms with E-state index < -0.39 is 73.4 Å². The zero-order chi connectivity index (χ0) is 58.9. The van der Waals surface area contributed by atoms with Gasteiger partial charge < -0.3 is 34.9 Å². The van der Waals surface area contributed by atoms with Crippen LogP contribution in [0.2, 0.25) is 0 Å². The maximum atomic E-state index is 14.8. The number of unbranched alkanes of at least 4 members (excludes halogenated alkanes) is 2. The summed E-state index contributed by atoms with van der Waals surface area (Å²) in [5, 5.41) is 10.8. The Morgan fingerprint density at radius 3 is 1.40 bits per heavy atom. The molecule has 83 heavy (non-hydrogen) atoms. The number of rotatable bonds is 36. The minimum atomic E-state index is -4.49. The van der Waals surface area contributed by atoms with Gasteiger partial charge in [0.1, 0.15) is 44.6 Å². The Morgan fingerprint density at radius 2 is 0.904 bits per heavy atom. The average molecular weight is 1160 g/mol. The van der Waals surface area contributed by atoms with Crippen LogP contribution in [0.25, 0.3) is 0 Å². The lowest BCUT2D eigenvalue weighted by Crippen LogP contribution is -2.45. The van der Waals surface area contributed by atoms with Crippen LogP contribution in [0.5, 0.6) is 0 Å². The summed E-state index contributed by atoms with van der Waals surface area (Å²) in [6.07, 6.45) is 1.44. The van der Waals surface area contributed by atoms with E-state index in [0.29, 0.717) is 48.1 Å². The number of hydrogen-bond acceptors (Lipinski definition) is 15. The van der Waals surface area contributed by atoms with Gasteiger partial charge in [0.2, 0.25) is 17.8 Å². The minimum absolute atomic E-state index is 0.00317. The highest BCUT2D eigenvalue weighted by Crippen LogP contribution is 2.46. The summed E-state index contributed by atoms with van der Waals surface area (Å²) in [5.74, 6) is -5.32. The highest BCUT2D eigenvalue weighted by atomic mass is 31.2. The van der Waals surface area contributed by atoms with Crippen molar-refractivity contribution in [3.8, 4) is 0 Å². The molecular formula is C62H69FN5O14P. The van der Waals surface area contributed by atoms with E-state index in [4.69, 9.17) is 28.0 Å². The molecule has 0 fully saturated rings. The number of hydrogen-bond donors (Lipinski definition) is 4. The van der Waals surface area contributed by atoms with Crippen LogP contribution in [0, 0.1) is 5.95 Å². The summed E-state index contributed by atoms with van der Waals surface area (Å²) in [5.41, 5.74) is 3.64. The van der Waals surface area contributed by atoms with Crippen LogP contribution in [0.4, 0.5) is 4.39 Å². The first-order chi connectivity index (χ1) is 40.3. The van der Waals surface area contributed by atoms with Crippen LogP contribution in [0.1, 0.15) is 102 Å². The van der Waals surface area contributed by atoms with Gasteiger partial charge in [-0.25, -0.2) is 24.2 Å². The van der Waals surface area contributed by atoms with Gasteiger partial charge in [-0.3, -0.25) is 33.0 Å². The normalized spacial score (nSPS) is 12.7. The first-order valence-corrected chi connectivity index (χ1v) is 28.9. The molecule has 0 saturated heterocycles. The van der Waals surface area contributed by atoms with E-state index in [1.807, 2.05) is 24.3 Å². The van der Waals surface area contributed by atoms with Gasteiger partial charge in [0.15, 0.2) is 0 Å². The first-order valence-electron chi connectivity index (χ1n) is 27.3. The third-order valence-corrected chi connectivity index (χ3v) is 14.2. The number of nitrogens with one attached hydrogen (secondary N) is 4. The second kappa shape index (κ2) is 35.4. The van der Waals surface area contributed by atoms with Crippen molar-refractivity contribution in [2.24, 2.45) is 0 Å². The molecule has 4 N–H and O–H groups in total. The van der Waals surface area contributed by atoms with Gasteiger partial charge >= 0.3 is 31.6 Å². The van der Waals surface area contributed by atoms with Gasteiger partial charge in [-0.15, -0.1) is 0 Å². The van der Waals surface area contributed by atoms with Crippen molar-refractivity contribution in [3.05, 3.63) is 209 Å². The molecule has 1 unspecified atom stereocenters. The van der Waals surface area contributed by atoms with Gasteiger partial charge in [0, 0.05) is 32.0 Å². The summed E-state index contributed by atoms with van der Waals surface area (Å²) < 4.78 is 62.2. The van der Waals surface area contributed by atoms with Gasteiger partial charge in [0.25, 0.3) is 5.91 Å². The molecule has 4 atom stereocenters. The summed E-state index contributed by atoms with van der Waals surface area (Å²) in [6, 6.07) is 43.0. The number of esters is 4. The number of nitrogens with zero attached hydrogens (tertiary/aromatic N) is 1. The number of benzene rings is 5. The molecule has 0 aliphatic rings. The van der Waals surface area contributed by atoms with Crippen LogP contribution < -0.4 is 21.0 Å². The largest absolute Gasteiger partial charge is 0.461 e. The van der Waals surface area contributed by atoms with E-state index >= 15 is 0 Å². The molecule has 21 heteroatoms. The quantitative estimate of drug-likeness (QED) is 0.00941. The van der Waals surface area contributed by atoms with Gasteiger partial charge in [-0.1, -0.05) is 158 Å². The van der Waals surface area contributed by atoms with Gasteiger partial charge in [-0.2, -0.15) is 4.39 Å². The van der Waals surface area contributed by atoms with Crippen molar-refractivity contribution in [1.82, 2.24) is 26.0 Å². The molecule has 0 bridgehead atoms. The standard InChI is InChI=1S/C62H69FN5O14P/c63-55-35-32-51(40-65-55)59(72)64-38-18-6-17-31-56(69)67-53(61(74)79-43-48-24-11-3-12-25-48)33-36-57(70)66-52(60(73)78-42-47-22-9-2-10-23-47)30-19-39-81-83(76,82-45-50-28-15-5-16-29-50)68-54(62(75)80-44-49-26-13-4-14-27-49)34-37-58(71)77-41-46-20-7-1-8-21-46/h1-5,7-16,20-29,32,35,40,52-54H,6,17-19,30-31,33-34,36-39,41-45H2,(H,64,72)(H,66,70)(H,67,69)(H,68,76)/t52-,53-,54-,83?/m0/s1. The van der Waals surface area contributed by atoms with Crippen LogP contribution in [-0.4, -0.2) is 77.9 Å². The molecular weight excluding hydrogens is 1090 g/mol. The molecule has 1 heterocycles. The number of amides is 3. The molecule has 1 aromatic heterocycles. The van der Waals surface area contributed by atoms with Crippen molar-refractivity contribution >= 4 is 49.3 Å². The number of carbonyl (C=O) groups excluding carboxylic acids is 7. The maximum Gasteiger partial charge on any atom is 0.406 e. The predicted molar refractivity (Wildman–Crippen MR) is 303 cm³/mol. The molecule has 0 aliphatic heterocycles. The predicted octanol–water partition coefficient (Wildman–Crippen LogP) is 9.09. The highest BCUT2D eigenvalue weighted by molar-refractivity contribution is 7.51. The second-order valence-corrected chi connectivity index (χ2v) is 20.9. The van der Waals surface area contributed by atoms with E-state index in [1.54, 1.807) is 127 Å². The van der Waals surface area contributed by atoms with Crippen molar-refractivity contribution in [2.75, 3.05) is 13.2 Å². The molecule has 6 aromatic rings. The first kappa shape index (κ1) is 63.8. The molecule has 438 valence electrons. The zero-order valence-corrected chi connectivity index (χ0v) is 46.8. The van der Waals surface area contributed by atoms with Crippen molar-refractivity contribution in [3.63, 3.8) is 0 Å². The SMILES string of the molecule is O=C(CC[C@H](NC(=O)CCCCCNC(=O)c1ccc(F)nc1)C(=O)OCc1ccccc1)N[C@@H](CCCOP(=O)(N[C@@H](CCC(=O)OCc1ccccc1)C(=O)OCc1ccccc1)OCc1ccccc1)C(=O)OCc1ccccc1. The van der Waals surface area contributed by atoms with E-state index in [2.05, 4.69) is 26.0 Å². The fraction of sp³-hybridized carbons (Fsp3) is 0.323. The lowest BCUT2D eigenvalue weighted by atomic mass is 10.1. The van der Waals surface area contributed by atoms with Crippen molar-refractivity contribution in [1.29, 1.82) is 0 Å². The average Bonchev–Trinajstić information content (AvgIpc) is 3.51. The van der Waals surface area contributed by atoms with Crippen molar-refractivity contribution in [2.45, 2.75) is 115 Å². The Hall–Kier alpha value is -8.42. The lowest BCUT2D eigenvalue weighted by molar-refractivity contribution is -0.150. The smallest absolute Gasteiger partial charge is 0.406 e. The molecule has 0 saturated carbocycles. The van der Waals surface area contributed by atoms with Crippen LogP contribution in [0.15, 0.2) is 170 Å². The molecule has 3 amide bonds. The molecule has 6 rings (SSSR count). The monoisotopic (exact) mass is 1160 g/mol. The van der Waals surface area contributed by atoms with E-state index in [-0.39, 0.29) is 90.2 Å². The van der Waals surface area contributed by atoms with Crippen LogP contribution in [0.3, 0.4) is 0 Å². The topological polar surface area (TPSA) is 253 Å². The van der Waals surface area contributed by atoms with Crippen LogP contribution in [-0.2, 0) is 94.4 Å². The van der Waals surface area contributed by atoms with Gasteiger partial charge in [-0.05, 0) is 78.5 Å². The number of pyridine rings is 1. The Kier molecular flexibility index (Phi) is 27.2. The number of ether oxygens (including phenoxy) is 4. The minimum Gasteiger partial charge on any atom is -0.461 e. The number of halogens is 1. The van der Waals surface area contributed by atoms with Crippen LogP contribution >= 0.6 is 7.75 Å². The number of carbonyl (C=O) groups is 7. The second-order valence-electron chi connectivity index (χ2n) is 19.1. The third kappa shape index (κ3) is 24.7. The molecule has 0 spiro atoms. The summed E-state index contributed by atoms with van der Waals surface area (Å²) in [7, 11) is -4.49. The van der Waals surface area contributed by atoms with Gasteiger partial charge in [0.05, 0.1) is 18.8 Å². The fourth-order valence-electron chi connectivity index (χ4n) is 8.01. The van der Waals surface area contributed by atoms with E-state index in [0.717, 1.165) is 17.8 Å². The Labute approximate surface area is 481 Å². The molecule has 0 aliphatic carbocycles. The van der Waals surface area contributed by atoms with E-state index in [1.165, 1.54) is 6.07 Å². The third-order valence-electron chi connectivity index (χ3n) is 12.5. The Balaban J connectivity index is 1.09. The van der Waals surface area contributed by atoms with E-state index in [9.17, 15) is 42.5 Å². The zero-order valence-electron chi connectivity index (χ0n) is 45.9. The van der Waals surface area contributed by atoms with Crippen molar-refractivity contribution < 1.29 is 70.5 Å². The molecule has 19 nitrogen and oxygen atoms in total. The fourth-order valence-corrected chi connectivity index (χ4v) is 9.54. The summed E-state index contributed by atoms with van der Waals surface area (Å²) >= 11 is 0. The molecule has 0 radical (unpaired) electrons. The summed E-state index contributed by atoms with van der Waals surface area (Å²) in [6.45, 7) is -0.621.